The van der Waals surface area contributed by atoms with Crippen LogP contribution in [0.15, 0.2) is 97.7 Å². The number of imidazole rings is 1. The number of carbonyl (C=O) groups excluding carboxylic acids is 6. The van der Waals surface area contributed by atoms with Crippen molar-refractivity contribution < 1.29 is 76.3 Å². The van der Waals surface area contributed by atoms with Crippen molar-refractivity contribution in [1.82, 2.24) is 50.0 Å². The van der Waals surface area contributed by atoms with E-state index in [1.807, 2.05) is 54.7 Å². The van der Waals surface area contributed by atoms with Crippen LogP contribution in [0.2, 0.25) is 0 Å². The summed E-state index contributed by atoms with van der Waals surface area (Å²) in [4.78, 5) is 127. The molecule has 3 saturated heterocycles. The van der Waals surface area contributed by atoms with Gasteiger partial charge in [0, 0.05) is 73.8 Å². The first-order valence-electron chi connectivity index (χ1n) is 31.2. The van der Waals surface area contributed by atoms with Crippen molar-refractivity contribution in [1.29, 1.82) is 0 Å². The van der Waals surface area contributed by atoms with Crippen molar-refractivity contribution in [3.63, 3.8) is 0 Å². The van der Waals surface area contributed by atoms with Crippen LogP contribution in [0.5, 0.6) is 0 Å². The lowest BCUT2D eigenvalue weighted by Gasteiger charge is -2.28. The fourth-order valence-corrected chi connectivity index (χ4v) is 15.1. The molecule has 1 aliphatic carbocycles. The number of ketones is 2. The van der Waals surface area contributed by atoms with Crippen molar-refractivity contribution in [2.24, 2.45) is 5.92 Å². The Morgan fingerprint density at radius 2 is 1.40 bits per heavy atom. The predicted octanol–water partition coefficient (Wildman–Crippen LogP) is 3.15. The molecule has 96 heavy (non-hydrogen) atoms. The Balaban J connectivity index is 0.615. The summed E-state index contributed by atoms with van der Waals surface area (Å²) in [6, 6.07) is 23.9. The van der Waals surface area contributed by atoms with Gasteiger partial charge in [0.25, 0.3) is 0 Å². The molecule has 4 aromatic heterocycles. The van der Waals surface area contributed by atoms with E-state index in [4.69, 9.17) is 56.9 Å². The summed E-state index contributed by atoms with van der Waals surface area (Å²) in [5, 5.41) is 35.2. The topological polar surface area (TPSA) is 390 Å². The number of nitrogens with one attached hydrogen (secondary N) is 4. The van der Waals surface area contributed by atoms with E-state index in [0.29, 0.717) is 16.9 Å². The Hall–Kier alpha value is -7.89. The second-order valence-electron chi connectivity index (χ2n) is 23.7. The monoisotopic (exact) mass is 1390 g/mol. The predicted molar refractivity (Wildman–Crippen MR) is 353 cm³/mol. The molecule has 4 aliphatic heterocycles. The quantitative estimate of drug-likeness (QED) is 0.0283. The summed E-state index contributed by atoms with van der Waals surface area (Å²) in [5.41, 5.74) is 12.7. The number of carbonyl (C=O) groups is 6. The number of anilines is 3. The van der Waals surface area contributed by atoms with Gasteiger partial charge in [0.15, 0.2) is 29.7 Å². The lowest BCUT2D eigenvalue weighted by atomic mass is 9.93. The molecule has 5 aliphatic rings. The van der Waals surface area contributed by atoms with Crippen LogP contribution in [0.25, 0.3) is 22.2 Å². The number of amides is 4. The highest BCUT2D eigenvalue weighted by molar-refractivity contribution is 8.07. The van der Waals surface area contributed by atoms with Gasteiger partial charge in [-0.15, -0.1) is 0 Å². The van der Waals surface area contributed by atoms with Gasteiger partial charge in [-0.3, -0.25) is 42.4 Å². The second-order valence-corrected chi connectivity index (χ2v) is 29.2. The second kappa shape index (κ2) is 29.8. The first-order chi connectivity index (χ1) is 46.2. The van der Waals surface area contributed by atoms with E-state index in [-0.39, 0.29) is 92.8 Å². The number of aromatic nitrogens is 7. The number of Topliss-reactive ketones (excluding diaryl/α,β-unsaturated/α-hetero) is 2. The highest BCUT2D eigenvalue weighted by Gasteiger charge is 2.53. The molecule has 10 N–H and O–H groups in total. The van der Waals surface area contributed by atoms with Gasteiger partial charge in [-0.2, -0.15) is 9.97 Å². The van der Waals surface area contributed by atoms with Crippen molar-refractivity contribution in [2.45, 2.75) is 120 Å². The number of nitrogens with two attached hydrogens (primary N) is 1. The van der Waals surface area contributed by atoms with Crippen molar-refractivity contribution in [2.75, 3.05) is 55.3 Å². The molecule has 3 fully saturated rings. The summed E-state index contributed by atoms with van der Waals surface area (Å²) in [6.07, 6.45) is -3.68. The Bertz CT molecular complexity index is 4290. The Morgan fingerprint density at radius 1 is 0.688 bits per heavy atom. The third-order valence-electron chi connectivity index (χ3n) is 17.0. The molecule has 7 aromatic rings. The van der Waals surface area contributed by atoms with Crippen LogP contribution in [0.3, 0.4) is 0 Å². The van der Waals surface area contributed by atoms with Crippen LogP contribution in [-0.4, -0.2) is 165 Å². The molecular formula is C63H69N13O16P2S2. The molecule has 8 heterocycles. The highest BCUT2D eigenvalue weighted by atomic mass is 32.5. The van der Waals surface area contributed by atoms with Crippen LogP contribution in [0.1, 0.15) is 90.9 Å². The number of para-hydroxylation sites is 1. The zero-order valence-corrected chi connectivity index (χ0v) is 54.9. The summed E-state index contributed by atoms with van der Waals surface area (Å²) in [7, 11) is 0. The number of aryl methyl sites for hydroxylation is 2. The summed E-state index contributed by atoms with van der Waals surface area (Å²) in [5.74, 6) is 2.58. The number of hydrogen-bond donors (Lipinski definition) is 9. The zero-order chi connectivity index (χ0) is 67.3. The Morgan fingerprint density at radius 3 is 2.21 bits per heavy atom. The minimum Gasteiger partial charge on any atom is -0.387 e. The number of hydrogen-bond acceptors (Lipinski definition) is 23. The SMILES string of the molecule is Nc1nc(NCCNC(=O)CNC(=O)[C@@H](CC(=O)CNC(=O)CCC(=O)CCC(=O)N2Cc3ccccc3C#Cc3ccccc32)Cc2ccccc2)nc2c1ncn2[C@@H]1O[C@@H]2COP(O)(=S)O[C@H]3[C@@H](O)[C@H](n4cc5c6c(ncnc64)CCCC5)O[C@@H]3COP(O)(=S)O[C@@H]1[C@@H]2O. The number of aliphatic hydroxyl groups is 2. The van der Waals surface area contributed by atoms with E-state index < -0.39 is 118 Å². The third-order valence-corrected chi connectivity index (χ3v) is 20.2. The lowest BCUT2D eigenvalue weighted by Crippen LogP contribution is -2.42. The maximum absolute atomic E-state index is 13.7. The molecule has 0 radical (unpaired) electrons. The van der Waals surface area contributed by atoms with Crippen molar-refractivity contribution in [3.8, 4) is 11.8 Å². The maximum atomic E-state index is 13.7. The van der Waals surface area contributed by atoms with Gasteiger partial charge in [0.05, 0.1) is 50.6 Å². The number of aliphatic hydroxyl groups excluding tert-OH is 2. The van der Waals surface area contributed by atoms with Gasteiger partial charge >= 0.3 is 13.4 Å². The number of nitrogen functional groups attached to an aromatic ring is 1. The molecule has 29 nitrogen and oxygen atoms in total. The molecule has 3 aromatic carbocycles. The largest absolute Gasteiger partial charge is 0.387 e. The van der Waals surface area contributed by atoms with E-state index in [2.05, 4.69) is 58.0 Å². The average molecular weight is 1390 g/mol. The lowest BCUT2D eigenvalue weighted by molar-refractivity contribution is -0.131. The fourth-order valence-electron chi connectivity index (χ4n) is 12.2. The molecule has 33 heteroatoms. The number of nitrogens with zero attached hydrogens (tertiary/aromatic N) is 8. The van der Waals surface area contributed by atoms with Gasteiger partial charge in [-0.25, -0.2) is 15.0 Å². The molecular weight excluding hydrogens is 1320 g/mol. The van der Waals surface area contributed by atoms with Crippen molar-refractivity contribution in [3.05, 3.63) is 131 Å². The summed E-state index contributed by atoms with van der Waals surface area (Å²) >= 11 is 10.9. The number of benzene rings is 3. The average Bonchev–Trinajstić information content (AvgIpc) is 1.60. The van der Waals surface area contributed by atoms with Crippen molar-refractivity contribution >= 4 is 112 Å². The number of rotatable bonds is 21. The normalized spacial score (nSPS) is 24.9. The zero-order valence-electron chi connectivity index (χ0n) is 51.5. The van der Waals surface area contributed by atoms with Gasteiger partial charge in [-0.1, -0.05) is 72.5 Å². The highest BCUT2D eigenvalue weighted by Crippen LogP contribution is 2.54. The maximum Gasteiger partial charge on any atom is 0.325 e. The molecule has 504 valence electrons. The van der Waals surface area contributed by atoms with Crippen LogP contribution < -0.4 is 31.9 Å². The van der Waals surface area contributed by atoms with Crippen LogP contribution in [-0.2, 0) is 106 Å². The van der Waals surface area contributed by atoms with Gasteiger partial charge in [0.2, 0.25) is 29.6 Å². The number of ether oxygens (including phenoxy) is 2. The molecule has 0 saturated carbocycles. The molecule has 11 atom stereocenters. The van der Waals surface area contributed by atoms with Crippen LogP contribution in [0, 0.1) is 17.8 Å². The van der Waals surface area contributed by atoms with Gasteiger partial charge in [-0.05, 0) is 90.6 Å². The number of fused-ring (bicyclic) bond motifs is 6. The van der Waals surface area contributed by atoms with Crippen LogP contribution in [0.4, 0.5) is 17.5 Å². The first-order valence-corrected chi connectivity index (χ1v) is 36.4. The van der Waals surface area contributed by atoms with E-state index in [9.17, 15) is 48.8 Å². The molecule has 2 unspecified atom stereocenters. The smallest absolute Gasteiger partial charge is 0.325 e. The molecule has 0 spiro atoms. The molecule has 12 rings (SSSR count). The van der Waals surface area contributed by atoms with Crippen LogP contribution >= 0.6 is 13.4 Å². The standard InChI is InChI=1S/C63H69N13O16P2S2/c64-57-52-59(76(35-71-52)62-56-53(82)46(89-62)32-87-93(85,95)91-55-47(33-88-94(86,96)92-56)90-61(54(55)83)75-31-40-15-6-8-16-44-51(40)58(75)70-34-69-44)73-63(72-57)66-25-24-65-49(80)29-68-60(84)41(26-36-10-2-1-3-11-36)27-43(78)28-67-48(79)22-20-42(77)21-23-50(81)74-30-39-14-5-4-12-37(39)18-19-38-13-7-9-17-45(38)74/h1-5,7,9-14,17,31,34-35,41,46-47,53-56,61-62,82-83H,6,8,15-16,20-30,32-33H2,(H,65,80)(H,67,79)(H,68,84)(H,85,95)(H,86,96)(H3,64,66,72,73)/t41-,46-,47-,53-,54-,55-,56-,61-,62-,93?,94?/m1/s1. The third kappa shape index (κ3) is 15.9. The minimum atomic E-state index is -4.36. The molecule has 4 amide bonds. The minimum absolute atomic E-state index is 0.00582. The summed E-state index contributed by atoms with van der Waals surface area (Å²) in [6.45, 7) is -10.3. The first kappa shape index (κ1) is 68.1. The van der Waals surface area contributed by atoms with E-state index in [1.54, 1.807) is 39.8 Å². The summed E-state index contributed by atoms with van der Waals surface area (Å²) < 4.78 is 39.2. The Kier molecular flexibility index (Phi) is 21.2. The molecule has 2 bridgehead atoms. The van der Waals surface area contributed by atoms with E-state index >= 15 is 0 Å². The van der Waals surface area contributed by atoms with Gasteiger partial charge < -0.3 is 75.0 Å². The van der Waals surface area contributed by atoms with Gasteiger partial charge in [0.1, 0.15) is 59.9 Å². The van der Waals surface area contributed by atoms with E-state index in [0.717, 1.165) is 59.0 Å². The van der Waals surface area contributed by atoms with E-state index in [1.165, 1.54) is 17.2 Å². The fraction of sp³-hybridized carbons (Fsp3) is 0.413. The Labute approximate surface area is 559 Å².